The van der Waals surface area contributed by atoms with Crippen LogP contribution in [0.3, 0.4) is 0 Å². The second-order valence-electron chi connectivity index (χ2n) is 6.10. The summed E-state index contributed by atoms with van der Waals surface area (Å²) in [6.07, 6.45) is 3.24. The van der Waals surface area contributed by atoms with Crippen molar-refractivity contribution in [3.05, 3.63) is 99.8 Å². The maximum absolute atomic E-state index is 13.6. The van der Waals surface area contributed by atoms with E-state index in [1.165, 1.54) is 11.6 Å². The van der Waals surface area contributed by atoms with E-state index in [0.29, 0.717) is 23.7 Å². The number of pyridine rings is 1. The molecule has 3 aromatic rings. The molecule has 0 bridgehead atoms. The van der Waals surface area contributed by atoms with Crippen LogP contribution in [0, 0.1) is 11.6 Å². The van der Waals surface area contributed by atoms with E-state index in [0.717, 1.165) is 23.6 Å². The van der Waals surface area contributed by atoms with Gasteiger partial charge in [0, 0.05) is 18.3 Å². The van der Waals surface area contributed by atoms with E-state index in [1.54, 1.807) is 12.3 Å². The third kappa shape index (κ3) is 4.87. The zero-order chi connectivity index (χ0) is 18.4. The van der Waals surface area contributed by atoms with Gasteiger partial charge < -0.3 is 5.32 Å². The average Bonchev–Trinajstić information content (AvgIpc) is 2.65. The molecule has 1 heterocycles. The van der Waals surface area contributed by atoms with Gasteiger partial charge in [0.2, 0.25) is 0 Å². The molecule has 0 aliphatic carbocycles. The second-order valence-corrected chi connectivity index (χ2v) is 6.45. The van der Waals surface area contributed by atoms with Gasteiger partial charge >= 0.3 is 0 Å². The van der Waals surface area contributed by atoms with Crippen LogP contribution in [0.2, 0.25) is 5.15 Å². The Morgan fingerprint density at radius 2 is 1.73 bits per heavy atom. The molecule has 0 unspecified atom stereocenters. The number of nitrogens with zero attached hydrogens (tertiary/aromatic N) is 1. The number of halogens is 3. The monoisotopic (exact) mass is 372 g/mol. The highest BCUT2D eigenvalue weighted by Crippen LogP contribution is 2.17. The summed E-state index contributed by atoms with van der Waals surface area (Å²) in [4.78, 5) is 4.27. The van der Waals surface area contributed by atoms with Crippen LogP contribution < -0.4 is 5.32 Å². The summed E-state index contributed by atoms with van der Waals surface area (Å²) in [5.41, 5.74) is 3.55. The predicted molar refractivity (Wildman–Crippen MR) is 100 cm³/mol. The molecule has 0 aliphatic heterocycles. The smallest absolute Gasteiger partial charge is 0.163 e. The molecule has 0 spiro atoms. The third-order valence-corrected chi connectivity index (χ3v) is 4.48. The molecule has 134 valence electrons. The van der Waals surface area contributed by atoms with Crippen molar-refractivity contribution >= 4 is 11.6 Å². The molecule has 1 N–H and O–H groups in total. The topological polar surface area (TPSA) is 24.9 Å². The van der Waals surface area contributed by atoms with Crippen LogP contribution in [0.25, 0.3) is 0 Å². The minimum Gasteiger partial charge on any atom is -0.312 e. The van der Waals surface area contributed by atoms with Gasteiger partial charge in [0.25, 0.3) is 0 Å². The average molecular weight is 373 g/mol. The Bertz CT molecular complexity index is 869. The van der Waals surface area contributed by atoms with Crippen LogP contribution in [0.4, 0.5) is 8.78 Å². The summed E-state index contributed by atoms with van der Waals surface area (Å²) >= 11 is 6.19. The Kier molecular flexibility index (Phi) is 6.31. The maximum atomic E-state index is 13.6. The van der Waals surface area contributed by atoms with Crippen molar-refractivity contribution < 1.29 is 8.78 Å². The van der Waals surface area contributed by atoms with E-state index in [-0.39, 0.29) is 6.54 Å². The summed E-state index contributed by atoms with van der Waals surface area (Å²) < 4.78 is 26.8. The fourth-order valence-electron chi connectivity index (χ4n) is 2.78. The molecule has 2 aromatic carbocycles. The van der Waals surface area contributed by atoms with Gasteiger partial charge in [-0.2, -0.15) is 0 Å². The molecule has 5 heteroatoms. The van der Waals surface area contributed by atoms with Crippen LogP contribution in [-0.4, -0.2) is 11.5 Å². The van der Waals surface area contributed by atoms with Gasteiger partial charge in [-0.15, -0.1) is 0 Å². The normalized spacial score (nSPS) is 10.9. The number of hydrogen-bond donors (Lipinski definition) is 1. The Hall–Kier alpha value is -2.30. The molecule has 26 heavy (non-hydrogen) atoms. The number of benzene rings is 2. The van der Waals surface area contributed by atoms with Crippen molar-refractivity contribution in [1.82, 2.24) is 10.3 Å². The second kappa shape index (κ2) is 8.88. The van der Waals surface area contributed by atoms with Crippen LogP contribution >= 0.6 is 11.6 Å². The number of aromatic nitrogens is 1. The molecule has 0 amide bonds. The Labute approximate surface area is 156 Å². The summed E-state index contributed by atoms with van der Waals surface area (Å²) in [5.74, 6) is -1.63. The summed E-state index contributed by atoms with van der Waals surface area (Å²) in [6, 6.07) is 16.4. The minimum atomic E-state index is -0.829. The zero-order valence-electron chi connectivity index (χ0n) is 14.2. The van der Waals surface area contributed by atoms with E-state index in [4.69, 9.17) is 11.6 Å². The molecular formula is C21H19ClF2N2. The van der Waals surface area contributed by atoms with Gasteiger partial charge in [-0.3, -0.25) is 0 Å². The number of hydrogen-bond acceptors (Lipinski definition) is 2. The zero-order valence-corrected chi connectivity index (χ0v) is 14.9. The van der Waals surface area contributed by atoms with Crippen LogP contribution in [0.15, 0.2) is 60.8 Å². The predicted octanol–water partition coefficient (Wildman–Crippen LogP) is 4.94. The highest BCUT2D eigenvalue weighted by Gasteiger charge is 2.08. The standard InChI is InChI=1S/C21H19ClF2N2/c22-21-17(9-10-25-14-18-7-4-8-19(23)20(18)24)12-16(13-26-21)11-15-5-2-1-3-6-15/h1-8,12-13,25H,9-11,14H2. The highest BCUT2D eigenvalue weighted by molar-refractivity contribution is 6.30. The highest BCUT2D eigenvalue weighted by atomic mass is 35.5. The lowest BCUT2D eigenvalue weighted by atomic mass is 10.0. The van der Waals surface area contributed by atoms with E-state index in [2.05, 4.69) is 22.4 Å². The van der Waals surface area contributed by atoms with Gasteiger partial charge in [-0.05, 0) is 42.1 Å². The molecule has 0 saturated carbocycles. The van der Waals surface area contributed by atoms with Crippen molar-refractivity contribution in [3.8, 4) is 0 Å². The summed E-state index contributed by atoms with van der Waals surface area (Å²) in [6.45, 7) is 0.852. The number of nitrogens with one attached hydrogen (secondary N) is 1. The van der Waals surface area contributed by atoms with Gasteiger partial charge in [0.15, 0.2) is 11.6 Å². The molecule has 0 atom stereocenters. The van der Waals surface area contributed by atoms with Crippen molar-refractivity contribution in [3.63, 3.8) is 0 Å². The third-order valence-electron chi connectivity index (χ3n) is 4.14. The van der Waals surface area contributed by atoms with Gasteiger partial charge in [-0.25, -0.2) is 13.8 Å². The first-order valence-electron chi connectivity index (χ1n) is 8.44. The molecule has 1 aromatic heterocycles. The lowest BCUT2D eigenvalue weighted by Crippen LogP contribution is -2.18. The van der Waals surface area contributed by atoms with Crippen molar-refractivity contribution in [2.24, 2.45) is 0 Å². The Morgan fingerprint density at radius 1 is 0.923 bits per heavy atom. The van der Waals surface area contributed by atoms with E-state index in [1.807, 2.05) is 24.3 Å². The first kappa shape index (κ1) is 18.5. The lowest BCUT2D eigenvalue weighted by Gasteiger charge is -2.09. The SMILES string of the molecule is Fc1cccc(CNCCc2cc(Cc3ccccc3)cnc2Cl)c1F. The van der Waals surface area contributed by atoms with E-state index >= 15 is 0 Å². The Balaban J connectivity index is 1.57. The largest absolute Gasteiger partial charge is 0.312 e. The van der Waals surface area contributed by atoms with Crippen molar-refractivity contribution in [2.75, 3.05) is 6.54 Å². The van der Waals surface area contributed by atoms with Crippen molar-refractivity contribution in [2.45, 2.75) is 19.4 Å². The summed E-state index contributed by atoms with van der Waals surface area (Å²) in [5, 5.41) is 3.59. The molecule has 0 radical (unpaired) electrons. The maximum Gasteiger partial charge on any atom is 0.163 e. The van der Waals surface area contributed by atoms with Crippen LogP contribution in [0.5, 0.6) is 0 Å². The lowest BCUT2D eigenvalue weighted by molar-refractivity contribution is 0.493. The first-order valence-corrected chi connectivity index (χ1v) is 8.82. The van der Waals surface area contributed by atoms with Crippen molar-refractivity contribution in [1.29, 1.82) is 0 Å². The minimum absolute atomic E-state index is 0.262. The quantitative estimate of drug-likeness (QED) is 0.469. The molecule has 0 saturated heterocycles. The van der Waals surface area contributed by atoms with E-state index < -0.39 is 11.6 Å². The molecule has 0 fully saturated rings. The molecular weight excluding hydrogens is 354 g/mol. The van der Waals surface area contributed by atoms with Crippen LogP contribution in [-0.2, 0) is 19.4 Å². The Morgan fingerprint density at radius 3 is 2.54 bits per heavy atom. The number of rotatable bonds is 7. The molecule has 2 nitrogen and oxygen atoms in total. The fraction of sp³-hybridized carbons (Fsp3) is 0.190. The van der Waals surface area contributed by atoms with Gasteiger partial charge in [0.1, 0.15) is 5.15 Å². The molecule has 3 rings (SSSR count). The van der Waals surface area contributed by atoms with Gasteiger partial charge in [-0.1, -0.05) is 60.1 Å². The van der Waals surface area contributed by atoms with Crippen LogP contribution in [0.1, 0.15) is 22.3 Å². The van der Waals surface area contributed by atoms with Gasteiger partial charge in [0.05, 0.1) is 0 Å². The van der Waals surface area contributed by atoms with E-state index in [9.17, 15) is 8.78 Å². The fourth-order valence-corrected chi connectivity index (χ4v) is 2.98. The first-order chi connectivity index (χ1) is 12.6. The molecule has 0 aliphatic rings. The summed E-state index contributed by atoms with van der Waals surface area (Å²) in [7, 11) is 0.